The first-order valence-electron chi connectivity index (χ1n) is 31.3. The van der Waals surface area contributed by atoms with Crippen molar-refractivity contribution in [3.8, 4) is 11.5 Å². The number of phosphoric ester groups is 1. The first-order chi connectivity index (χ1) is 49.0. The molecule has 0 aromatic heterocycles. The van der Waals surface area contributed by atoms with E-state index in [2.05, 4.69) is 0 Å². The lowest BCUT2D eigenvalue weighted by Gasteiger charge is -2.47. The Morgan fingerprint density at radius 1 is 0.386 bits per heavy atom. The summed E-state index contributed by atoms with van der Waals surface area (Å²) in [4.78, 5) is 115. The highest BCUT2D eigenvalue weighted by Gasteiger charge is 2.58. The zero-order valence-electron chi connectivity index (χ0n) is 53.7. The van der Waals surface area contributed by atoms with Crippen LogP contribution in [0.2, 0.25) is 0 Å². The Morgan fingerprint density at radius 3 is 1.07 bits per heavy atom. The quantitative estimate of drug-likeness (QED) is 0.0200. The molecule has 0 N–H and O–H groups in total. The van der Waals surface area contributed by atoms with Gasteiger partial charge in [-0.3, -0.25) is 9.09 Å². The predicted molar refractivity (Wildman–Crippen MR) is 353 cm³/mol. The molecular formula is C75H63O24P2-. The standard InChI is InChI=1S/C75H64O24P2/c1-86-57-42-38-55(39-43-57)75(54-36-22-9-23-37-54,56-40-44-58(87-2)45-41-56)89-47-60-61(92-68(77)49-26-12-4-13-27-49)63(93-69(78)50-28-14-5-15-29-50)66(96-72(81)53-34-20-8-21-35-53)74(91-60)99-101(84,85)98-62-59(46-88-67(76)48-24-10-3-11-25-48)90-73(97-100(82)83)65(95-71(80)52-32-18-7-19-33-52)64(62)94-70(79)51-30-16-6-17-31-51/h3-45,59-66,73-74H,46-47H2,1-2H3,(H,84,85)/p-1/t59-,60-,61-,62-,63+,64+,65+,66+,73-,74-/m1/s1. The Balaban J connectivity index is 1.07. The monoisotopic (exact) mass is 1410 g/mol. The van der Waals surface area contributed by atoms with Crippen molar-refractivity contribution in [2.24, 2.45) is 0 Å². The number of benzene rings is 9. The van der Waals surface area contributed by atoms with E-state index in [1.165, 1.54) is 148 Å². The van der Waals surface area contributed by atoms with Gasteiger partial charge in [-0.1, -0.05) is 164 Å². The maximum absolute atomic E-state index is 15.7. The lowest BCUT2D eigenvalue weighted by Crippen LogP contribution is -2.64. The molecule has 0 bridgehead atoms. The highest BCUT2D eigenvalue weighted by molar-refractivity contribution is 7.45. The summed E-state index contributed by atoms with van der Waals surface area (Å²) in [6, 6.07) is 66.6. The molecule has 26 heteroatoms. The molecule has 0 amide bonds. The van der Waals surface area contributed by atoms with Crippen LogP contribution < -0.4 is 19.3 Å². The van der Waals surface area contributed by atoms with Crippen molar-refractivity contribution in [2.75, 3.05) is 27.4 Å². The van der Waals surface area contributed by atoms with Crippen LogP contribution in [0.3, 0.4) is 0 Å². The summed E-state index contributed by atoms with van der Waals surface area (Å²) in [5, 5.41) is 0. The van der Waals surface area contributed by atoms with Crippen LogP contribution in [0.5, 0.6) is 11.5 Å². The zero-order valence-corrected chi connectivity index (χ0v) is 55.5. The van der Waals surface area contributed by atoms with E-state index in [-0.39, 0.29) is 33.4 Å². The predicted octanol–water partition coefficient (Wildman–Crippen LogP) is 10.4. The van der Waals surface area contributed by atoms with Gasteiger partial charge in [0.25, 0.3) is 14.1 Å². The van der Waals surface area contributed by atoms with Crippen LogP contribution in [0.4, 0.5) is 0 Å². The van der Waals surface area contributed by atoms with E-state index in [0.29, 0.717) is 28.2 Å². The van der Waals surface area contributed by atoms with E-state index in [1.54, 1.807) is 127 Å². The van der Waals surface area contributed by atoms with Gasteiger partial charge in [0.2, 0.25) is 6.29 Å². The van der Waals surface area contributed by atoms with Gasteiger partial charge in [0.05, 0.1) is 54.2 Å². The third-order valence-corrected chi connectivity index (χ3v) is 17.5. The van der Waals surface area contributed by atoms with Crippen molar-refractivity contribution in [1.82, 2.24) is 0 Å². The molecule has 2 unspecified atom stereocenters. The Kier molecular flexibility index (Phi) is 23.8. The van der Waals surface area contributed by atoms with E-state index in [0.717, 1.165) is 0 Å². The first kappa shape index (κ1) is 71.7. The van der Waals surface area contributed by atoms with E-state index >= 15 is 9.46 Å². The molecule has 12 atom stereocenters. The molecule has 9 aromatic rings. The molecule has 0 aliphatic carbocycles. The number of carbonyl (C=O) groups excluding carboxylic acids is 6. The molecule has 0 saturated carbocycles. The molecular weight excluding hydrogens is 1350 g/mol. The van der Waals surface area contributed by atoms with Crippen molar-refractivity contribution in [3.05, 3.63) is 311 Å². The van der Waals surface area contributed by atoms with Crippen molar-refractivity contribution < 1.29 is 113 Å². The fraction of sp³-hybridized carbons (Fsp3) is 0.200. The Labute approximate surface area is 579 Å². The minimum atomic E-state index is -6.49. The Hall–Kier alpha value is -10.6. The van der Waals surface area contributed by atoms with Crippen LogP contribution in [0.1, 0.15) is 78.8 Å². The van der Waals surface area contributed by atoms with Gasteiger partial charge < -0.3 is 66.4 Å². The number of esters is 6. The van der Waals surface area contributed by atoms with E-state index in [4.69, 9.17) is 65.7 Å². The largest absolute Gasteiger partial charge is 0.756 e. The summed E-state index contributed by atoms with van der Waals surface area (Å²) in [6.07, 6.45) is -22.4. The molecule has 2 aliphatic rings. The van der Waals surface area contributed by atoms with Gasteiger partial charge >= 0.3 is 44.1 Å². The van der Waals surface area contributed by atoms with Gasteiger partial charge in [0.15, 0.2) is 30.5 Å². The molecule has 101 heavy (non-hydrogen) atoms. The normalized spacial score (nSPS) is 21.0. The lowest BCUT2D eigenvalue weighted by atomic mass is 9.80. The lowest BCUT2D eigenvalue weighted by molar-refractivity contribution is -0.320. The average molecular weight is 1410 g/mol. The third kappa shape index (κ3) is 17.7. The topological polar surface area (TPSA) is 312 Å². The molecule has 11 rings (SSSR count). The fourth-order valence-electron chi connectivity index (χ4n) is 11.3. The second kappa shape index (κ2) is 33.5. The van der Waals surface area contributed by atoms with Gasteiger partial charge in [-0.25, -0.2) is 28.8 Å². The van der Waals surface area contributed by atoms with Crippen molar-refractivity contribution in [1.29, 1.82) is 0 Å². The van der Waals surface area contributed by atoms with Crippen LogP contribution >= 0.6 is 16.1 Å². The minimum absolute atomic E-state index is 0.0240. The van der Waals surface area contributed by atoms with E-state index in [1.807, 2.05) is 0 Å². The minimum Gasteiger partial charge on any atom is -0.756 e. The number of hydrogen-bond donors (Lipinski definition) is 0. The summed E-state index contributed by atoms with van der Waals surface area (Å²) in [7, 11) is -7.48. The van der Waals surface area contributed by atoms with Gasteiger partial charge in [-0.2, -0.15) is 0 Å². The first-order valence-corrected chi connectivity index (χ1v) is 33.9. The number of ether oxygens (including phenoxy) is 11. The van der Waals surface area contributed by atoms with Crippen LogP contribution in [-0.2, 0) is 70.9 Å². The molecule has 518 valence electrons. The number of rotatable bonds is 27. The molecule has 2 saturated heterocycles. The van der Waals surface area contributed by atoms with E-state index in [9.17, 15) is 38.2 Å². The highest BCUT2D eigenvalue weighted by Crippen LogP contribution is 2.50. The van der Waals surface area contributed by atoms with Crippen molar-refractivity contribution in [2.45, 2.75) is 67.0 Å². The van der Waals surface area contributed by atoms with Gasteiger partial charge in [0, 0.05) is 0 Å². The summed E-state index contributed by atoms with van der Waals surface area (Å²) in [5.74, 6) is -5.91. The number of hydrogen-bond acceptors (Lipinski definition) is 24. The van der Waals surface area contributed by atoms with E-state index < -0.39 is 132 Å². The molecule has 24 nitrogen and oxygen atoms in total. The molecule has 9 aromatic carbocycles. The SMILES string of the molecule is COc1ccc(C(OC[C@H]2O[C@H](OP(=O)([O-])O[C@H]3[C@H](OC(=O)c4ccccc4)[C@H](OC(=O)c4ccccc4)[C@@H](O[P+](=O)[O-])O[C@@H]3COC(=O)c3ccccc3)[C@@H](OC(=O)c3ccccc3)[C@@H](OC(=O)c3ccccc3)[C@@H]2OC(=O)c2ccccc2)(c2ccccc2)c2ccc(OC)cc2)cc1. The van der Waals surface area contributed by atoms with Gasteiger partial charge in [-0.05, 0) is 118 Å². The van der Waals surface area contributed by atoms with Crippen LogP contribution in [-0.4, -0.2) is 125 Å². The Morgan fingerprint density at radius 2 is 0.693 bits per heavy atom. The van der Waals surface area contributed by atoms with Gasteiger partial charge in [-0.15, -0.1) is 4.52 Å². The summed E-state index contributed by atoms with van der Waals surface area (Å²) in [5.41, 5.74) is -0.885. The highest BCUT2D eigenvalue weighted by atomic mass is 31.2. The molecule has 0 spiro atoms. The number of carbonyl (C=O) groups is 6. The average Bonchev–Trinajstić information content (AvgIpc) is 0.756. The van der Waals surface area contributed by atoms with Crippen molar-refractivity contribution in [3.63, 3.8) is 0 Å². The maximum Gasteiger partial charge on any atom is 0.491 e. The van der Waals surface area contributed by atoms with Crippen LogP contribution in [0.15, 0.2) is 261 Å². The Bertz CT molecular complexity index is 4270. The summed E-state index contributed by atoms with van der Waals surface area (Å²) >= 11 is 0. The maximum atomic E-state index is 15.7. The molecule has 0 radical (unpaired) electrons. The molecule has 2 heterocycles. The second-order valence-electron chi connectivity index (χ2n) is 22.5. The number of methoxy groups -OCH3 is 2. The van der Waals surface area contributed by atoms with Crippen LogP contribution in [0, 0.1) is 0 Å². The second-order valence-corrected chi connectivity index (χ2v) is 24.5. The van der Waals surface area contributed by atoms with Crippen molar-refractivity contribution >= 4 is 51.9 Å². The third-order valence-electron chi connectivity index (χ3n) is 16.1. The zero-order chi connectivity index (χ0) is 70.9. The summed E-state index contributed by atoms with van der Waals surface area (Å²) < 4.78 is 114. The smallest absolute Gasteiger partial charge is 0.491 e. The molecule has 2 fully saturated rings. The number of phosphoric acid groups is 1. The molecule has 2 aliphatic heterocycles. The summed E-state index contributed by atoms with van der Waals surface area (Å²) in [6.45, 7) is -1.83. The fourth-order valence-corrected chi connectivity index (χ4v) is 12.7. The van der Waals surface area contributed by atoms with Crippen LogP contribution in [0.25, 0.3) is 0 Å². The van der Waals surface area contributed by atoms with Gasteiger partial charge in [0.1, 0.15) is 42.0 Å².